The number of carbonyl (C=O) groups is 3. The van der Waals surface area contributed by atoms with Crippen LogP contribution in [0.3, 0.4) is 0 Å². The summed E-state index contributed by atoms with van der Waals surface area (Å²) in [7, 11) is 0. The van der Waals surface area contributed by atoms with Gasteiger partial charge in [0.1, 0.15) is 5.60 Å². The van der Waals surface area contributed by atoms with Crippen LogP contribution >= 0.6 is 0 Å². The normalized spacial score (nSPS) is 14.8. The number of hydrogen-bond donors (Lipinski definition) is 1. The number of carbonyl (C=O) groups excluding carboxylic acids is 3. The van der Waals surface area contributed by atoms with E-state index in [2.05, 4.69) is 34.5 Å². The molecule has 0 aromatic heterocycles. The number of piperazine rings is 1. The minimum absolute atomic E-state index is 0.203. The second-order valence-corrected chi connectivity index (χ2v) is 7.39. The molecule has 7 nitrogen and oxygen atoms in total. The van der Waals surface area contributed by atoms with Gasteiger partial charge in [-0.2, -0.15) is 0 Å². The predicted octanol–water partition coefficient (Wildman–Crippen LogP) is 1.10. The topological polar surface area (TPSA) is 79.0 Å². The molecular weight excluding hydrogens is 334 g/mol. The van der Waals surface area contributed by atoms with Gasteiger partial charge >= 0.3 is 11.9 Å². The lowest BCUT2D eigenvalue weighted by Crippen LogP contribution is -2.51. The molecule has 1 fully saturated rings. The van der Waals surface area contributed by atoms with E-state index in [1.807, 2.05) is 6.92 Å². The van der Waals surface area contributed by atoms with E-state index in [1.54, 1.807) is 25.7 Å². The molecule has 0 radical (unpaired) electrons. The molecule has 0 saturated carbocycles. The average Bonchev–Trinajstić information content (AvgIpc) is 2.58. The zero-order valence-corrected chi connectivity index (χ0v) is 15.9. The largest absolute Gasteiger partial charge is 0.453 e. The summed E-state index contributed by atoms with van der Waals surface area (Å²) < 4.78 is 4.97. The first kappa shape index (κ1) is 19.8. The Morgan fingerprint density at radius 2 is 1.62 bits per heavy atom. The van der Waals surface area contributed by atoms with E-state index in [-0.39, 0.29) is 12.5 Å². The van der Waals surface area contributed by atoms with Gasteiger partial charge in [0.15, 0.2) is 0 Å². The third-order valence-corrected chi connectivity index (χ3v) is 4.02. The third-order valence-electron chi connectivity index (χ3n) is 4.02. The molecule has 0 bridgehead atoms. The molecule has 1 aliphatic rings. The molecule has 142 valence electrons. The van der Waals surface area contributed by atoms with Crippen molar-refractivity contribution in [1.29, 1.82) is 0 Å². The summed E-state index contributed by atoms with van der Waals surface area (Å²) in [6.07, 6.45) is 0. The zero-order chi connectivity index (χ0) is 19.3. The lowest BCUT2D eigenvalue weighted by atomic mass is 10.2. The van der Waals surface area contributed by atoms with E-state index in [4.69, 9.17) is 4.74 Å². The van der Waals surface area contributed by atoms with Gasteiger partial charge in [-0.15, -0.1) is 0 Å². The van der Waals surface area contributed by atoms with E-state index >= 15 is 0 Å². The second kappa shape index (κ2) is 8.21. The fourth-order valence-electron chi connectivity index (χ4n) is 2.63. The highest BCUT2D eigenvalue weighted by molar-refractivity contribution is 6.32. The van der Waals surface area contributed by atoms with Gasteiger partial charge in [0, 0.05) is 31.9 Å². The highest BCUT2D eigenvalue weighted by Crippen LogP contribution is 2.17. The number of rotatable bonds is 3. The highest BCUT2D eigenvalue weighted by atomic mass is 16.6. The average molecular weight is 361 g/mol. The Morgan fingerprint density at radius 3 is 2.15 bits per heavy atom. The number of benzene rings is 1. The first-order valence-electron chi connectivity index (χ1n) is 8.76. The molecule has 26 heavy (non-hydrogen) atoms. The molecule has 0 spiro atoms. The first-order chi connectivity index (χ1) is 12.2. The summed E-state index contributed by atoms with van der Waals surface area (Å²) in [5.74, 6) is -2.08. The number of nitrogens with zero attached hydrogens (tertiary/aromatic N) is 2. The molecule has 0 atom stereocenters. The maximum atomic E-state index is 12.2. The van der Waals surface area contributed by atoms with E-state index in [0.717, 1.165) is 18.8 Å². The summed E-state index contributed by atoms with van der Waals surface area (Å²) in [6, 6.07) is 8.29. The standard InChI is InChI=1S/C19H27N3O4/c1-14-5-7-15(8-6-14)21-9-11-22(12-10-21)16(23)13-20-17(24)18(25)26-19(2,3)4/h5-8H,9-13H2,1-4H3,(H,20,24). The van der Waals surface area contributed by atoms with Crippen LogP contribution in [0.5, 0.6) is 0 Å². The van der Waals surface area contributed by atoms with Gasteiger partial charge in [-0.1, -0.05) is 17.7 Å². The number of amides is 2. The van der Waals surface area contributed by atoms with Crippen molar-refractivity contribution in [2.24, 2.45) is 0 Å². The Balaban J connectivity index is 1.77. The van der Waals surface area contributed by atoms with Crippen LogP contribution in [-0.2, 0) is 19.1 Å². The summed E-state index contributed by atoms with van der Waals surface area (Å²) in [6.45, 7) is 9.49. The SMILES string of the molecule is Cc1ccc(N2CCN(C(=O)CNC(=O)C(=O)OC(C)(C)C)CC2)cc1. The molecule has 1 aromatic carbocycles. The smallest absolute Gasteiger partial charge is 0.397 e. The lowest BCUT2D eigenvalue weighted by Gasteiger charge is -2.36. The third kappa shape index (κ3) is 5.75. The van der Waals surface area contributed by atoms with Crippen molar-refractivity contribution in [2.75, 3.05) is 37.6 Å². The molecule has 0 unspecified atom stereocenters. The molecular formula is C19H27N3O4. The Kier molecular flexibility index (Phi) is 6.23. The van der Waals surface area contributed by atoms with Crippen LogP contribution in [0.2, 0.25) is 0 Å². The van der Waals surface area contributed by atoms with Gasteiger partial charge in [-0.3, -0.25) is 9.59 Å². The quantitative estimate of drug-likeness (QED) is 0.644. The van der Waals surface area contributed by atoms with Crippen molar-refractivity contribution in [2.45, 2.75) is 33.3 Å². The Morgan fingerprint density at radius 1 is 1.04 bits per heavy atom. The van der Waals surface area contributed by atoms with Gasteiger partial charge in [0.05, 0.1) is 6.54 Å². The number of ether oxygens (including phenoxy) is 1. The second-order valence-electron chi connectivity index (χ2n) is 7.39. The van der Waals surface area contributed by atoms with E-state index < -0.39 is 17.5 Å². The molecule has 2 amide bonds. The minimum atomic E-state index is -0.977. The maximum absolute atomic E-state index is 12.2. The monoisotopic (exact) mass is 361 g/mol. The lowest BCUT2D eigenvalue weighted by molar-refractivity contribution is -0.163. The van der Waals surface area contributed by atoms with E-state index in [9.17, 15) is 14.4 Å². The summed E-state index contributed by atoms with van der Waals surface area (Å²) in [4.78, 5) is 39.5. The van der Waals surface area contributed by atoms with Gasteiger partial charge in [-0.25, -0.2) is 4.79 Å². The van der Waals surface area contributed by atoms with Crippen molar-refractivity contribution in [1.82, 2.24) is 10.2 Å². The van der Waals surface area contributed by atoms with Crippen molar-refractivity contribution in [3.63, 3.8) is 0 Å². The van der Waals surface area contributed by atoms with Crippen molar-refractivity contribution < 1.29 is 19.1 Å². The van der Waals surface area contributed by atoms with Gasteiger partial charge in [0.25, 0.3) is 0 Å². The Labute approximate surface area is 154 Å². The van der Waals surface area contributed by atoms with Crippen molar-refractivity contribution >= 4 is 23.5 Å². The van der Waals surface area contributed by atoms with Crippen LogP contribution in [0.1, 0.15) is 26.3 Å². The maximum Gasteiger partial charge on any atom is 0.397 e. The van der Waals surface area contributed by atoms with Crippen molar-refractivity contribution in [3.8, 4) is 0 Å². The molecule has 1 saturated heterocycles. The molecule has 7 heteroatoms. The first-order valence-corrected chi connectivity index (χ1v) is 8.76. The molecule has 1 aromatic rings. The minimum Gasteiger partial charge on any atom is -0.453 e. The fraction of sp³-hybridized carbons (Fsp3) is 0.526. The number of anilines is 1. The Hall–Kier alpha value is -2.57. The fourth-order valence-corrected chi connectivity index (χ4v) is 2.63. The van der Waals surface area contributed by atoms with Gasteiger partial charge < -0.3 is 19.9 Å². The predicted molar refractivity (Wildman–Crippen MR) is 98.8 cm³/mol. The number of aryl methyl sites for hydroxylation is 1. The molecule has 1 aliphatic heterocycles. The molecule has 0 aliphatic carbocycles. The van der Waals surface area contributed by atoms with Crippen LogP contribution in [0.25, 0.3) is 0 Å². The molecule has 1 heterocycles. The number of esters is 1. The van der Waals surface area contributed by atoms with E-state index in [0.29, 0.717) is 13.1 Å². The molecule has 2 rings (SSSR count). The van der Waals surface area contributed by atoms with Crippen LogP contribution in [0.15, 0.2) is 24.3 Å². The Bertz CT molecular complexity index is 656. The van der Waals surface area contributed by atoms with Crippen LogP contribution in [0, 0.1) is 6.92 Å². The number of hydrogen-bond acceptors (Lipinski definition) is 5. The molecule has 1 N–H and O–H groups in total. The van der Waals surface area contributed by atoms with Crippen LogP contribution in [-0.4, -0.2) is 61.0 Å². The summed E-state index contributed by atoms with van der Waals surface area (Å²) >= 11 is 0. The summed E-state index contributed by atoms with van der Waals surface area (Å²) in [5.41, 5.74) is 1.61. The highest BCUT2D eigenvalue weighted by Gasteiger charge is 2.25. The summed E-state index contributed by atoms with van der Waals surface area (Å²) in [5, 5.41) is 2.33. The van der Waals surface area contributed by atoms with Crippen LogP contribution < -0.4 is 10.2 Å². The van der Waals surface area contributed by atoms with Crippen molar-refractivity contribution in [3.05, 3.63) is 29.8 Å². The van der Waals surface area contributed by atoms with Gasteiger partial charge in [0.2, 0.25) is 5.91 Å². The van der Waals surface area contributed by atoms with E-state index in [1.165, 1.54) is 5.56 Å². The van der Waals surface area contributed by atoms with Crippen LogP contribution in [0.4, 0.5) is 5.69 Å². The number of nitrogens with one attached hydrogen (secondary N) is 1. The van der Waals surface area contributed by atoms with Gasteiger partial charge in [-0.05, 0) is 39.8 Å². The zero-order valence-electron chi connectivity index (χ0n) is 15.9.